The lowest BCUT2D eigenvalue weighted by Gasteiger charge is -2.29. The number of thioether (sulfide) groups is 1. The van der Waals surface area contributed by atoms with E-state index in [2.05, 4.69) is 17.9 Å². The van der Waals surface area contributed by atoms with E-state index >= 15 is 0 Å². The molecule has 0 aromatic heterocycles. The molecule has 0 saturated carbocycles. The second kappa shape index (κ2) is 8.49. The van der Waals surface area contributed by atoms with Crippen LogP contribution in [0.4, 0.5) is 0 Å². The van der Waals surface area contributed by atoms with Gasteiger partial charge in [0.2, 0.25) is 5.91 Å². The Morgan fingerprint density at radius 3 is 2.70 bits per heavy atom. The highest BCUT2D eigenvalue weighted by atomic mass is 32.2. The normalized spacial score (nSPS) is 22.5. The first-order valence-corrected chi connectivity index (χ1v) is 9.67. The maximum atomic E-state index is 12.5. The zero-order valence-corrected chi connectivity index (χ0v) is 15.9. The van der Waals surface area contributed by atoms with Crippen LogP contribution in [0.3, 0.4) is 0 Å². The topological polar surface area (TPSA) is 86.7 Å². The number of carbonyl (C=O) groups excluding carboxylic acids is 2. The lowest BCUT2D eigenvalue weighted by atomic mass is 10.1. The van der Waals surface area contributed by atoms with Crippen molar-refractivity contribution in [3.63, 3.8) is 0 Å². The number of benzene rings is 1. The van der Waals surface area contributed by atoms with Gasteiger partial charge < -0.3 is 10.4 Å². The summed E-state index contributed by atoms with van der Waals surface area (Å²) in [4.78, 5) is 37.4. The van der Waals surface area contributed by atoms with Gasteiger partial charge in [-0.3, -0.25) is 14.5 Å². The SMILES string of the molecule is O=C(NC1C=CC(=O)N2C(=CC=CC2C(=O)O)S1)C(S)Cc1ccccc1. The number of fused-ring (bicyclic) bond motifs is 1. The Labute approximate surface area is 166 Å². The second-order valence-corrected chi connectivity index (χ2v) is 7.78. The molecule has 1 aromatic rings. The summed E-state index contributed by atoms with van der Waals surface area (Å²) >= 11 is 5.60. The summed E-state index contributed by atoms with van der Waals surface area (Å²) in [7, 11) is 0. The van der Waals surface area contributed by atoms with E-state index in [9.17, 15) is 19.5 Å². The average molecular weight is 402 g/mol. The number of allylic oxidation sites excluding steroid dienone is 2. The van der Waals surface area contributed by atoms with Gasteiger partial charge in [-0.2, -0.15) is 12.6 Å². The van der Waals surface area contributed by atoms with Gasteiger partial charge in [-0.25, -0.2) is 4.79 Å². The van der Waals surface area contributed by atoms with E-state index in [-0.39, 0.29) is 5.91 Å². The maximum absolute atomic E-state index is 12.5. The summed E-state index contributed by atoms with van der Waals surface area (Å²) in [6.45, 7) is 0. The minimum atomic E-state index is -1.11. The molecule has 6 nitrogen and oxygen atoms in total. The highest BCUT2D eigenvalue weighted by molar-refractivity contribution is 8.03. The number of thiol groups is 1. The van der Waals surface area contributed by atoms with Crippen LogP contribution >= 0.6 is 24.4 Å². The standard InChI is InChI=1S/C19H18N2O4S2/c22-16-10-9-15(27-17-8-4-7-13(19(24)25)21(16)17)20-18(23)14(26)11-12-5-2-1-3-6-12/h1-10,13-15,26H,11H2,(H,20,23)(H,24,25). The van der Waals surface area contributed by atoms with Crippen molar-refractivity contribution in [3.8, 4) is 0 Å². The van der Waals surface area contributed by atoms with Crippen LogP contribution in [0, 0.1) is 0 Å². The van der Waals surface area contributed by atoms with E-state index < -0.39 is 28.5 Å². The van der Waals surface area contributed by atoms with Crippen LogP contribution in [0.15, 0.2) is 65.7 Å². The van der Waals surface area contributed by atoms with Gasteiger partial charge >= 0.3 is 5.97 Å². The smallest absolute Gasteiger partial charge is 0.330 e. The molecule has 8 heteroatoms. The van der Waals surface area contributed by atoms with Crippen LogP contribution < -0.4 is 5.32 Å². The molecule has 2 N–H and O–H groups in total. The Morgan fingerprint density at radius 1 is 1.26 bits per heavy atom. The van der Waals surface area contributed by atoms with E-state index in [1.54, 1.807) is 18.2 Å². The maximum Gasteiger partial charge on any atom is 0.330 e. The van der Waals surface area contributed by atoms with Crippen molar-refractivity contribution >= 4 is 42.2 Å². The summed E-state index contributed by atoms with van der Waals surface area (Å²) in [5, 5.41) is 11.6. The van der Waals surface area contributed by atoms with Gasteiger partial charge in [-0.05, 0) is 24.1 Å². The van der Waals surface area contributed by atoms with Crippen LogP contribution in [0.2, 0.25) is 0 Å². The minimum absolute atomic E-state index is 0.257. The average Bonchev–Trinajstić information content (AvgIpc) is 2.81. The summed E-state index contributed by atoms with van der Waals surface area (Å²) in [6.07, 6.45) is 8.04. The van der Waals surface area contributed by atoms with Gasteiger partial charge in [-0.1, -0.05) is 54.2 Å². The van der Waals surface area contributed by atoms with Crippen LogP contribution in [-0.4, -0.2) is 44.5 Å². The van der Waals surface area contributed by atoms with Crippen molar-refractivity contribution in [2.24, 2.45) is 0 Å². The van der Waals surface area contributed by atoms with Gasteiger partial charge in [-0.15, -0.1) is 0 Å². The number of carbonyl (C=O) groups is 3. The van der Waals surface area contributed by atoms with Crippen LogP contribution in [0.1, 0.15) is 5.56 Å². The number of amides is 2. The van der Waals surface area contributed by atoms with Crippen molar-refractivity contribution in [3.05, 3.63) is 71.3 Å². The van der Waals surface area contributed by atoms with Crippen molar-refractivity contribution in [1.82, 2.24) is 10.2 Å². The molecule has 3 unspecified atom stereocenters. The summed E-state index contributed by atoms with van der Waals surface area (Å²) in [5.74, 6) is -1.80. The predicted molar refractivity (Wildman–Crippen MR) is 107 cm³/mol. The van der Waals surface area contributed by atoms with Crippen LogP contribution in [0.25, 0.3) is 0 Å². The Kier molecular flexibility index (Phi) is 6.08. The second-order valence-electron chi connectivity index (χ2n) is 5.99. The lowest BCUT2D eigenvalue weighted by molar-refractivity contribution is -0.144. The lowest BCUT2D eigenvalue weighted by Crippen LogP contribution is -2.43. The number of nitrogens with zero attached hydrogens (tertiary/aromatic N) is 1. The van der Waals surface area contributed by atoms with Crippen molar-refractivity contribution < 1.29 is 19.5 Å². The quantitative estimate of drug-likeness (QED) is 0.656. The molecule has 2 heterocycles. The number of nitrogens with one attached hydrogen (secondary N) is 1. The number of hydrogen-bond donors (Lipinski definition) is 3. The minimum Gasteiger partial charge on any atom is -0.479 e. The number of carboxylic acids is 1. The van der Waals surface area contributed by atoms with E-state index in [1.165, 1.54) is 28.8 Å². The van der Waals surface area contributed by atoms with Gasteiger partial charge in [0.1, 0.15) is 0 Å². The molecular weight excluding hydrogens is 384 g/mol. The Hall–Kier alpha value is -2.45. The predicted octanol–water partition coefficient (Wildman–Crippen LogP) is 1.97. The molecular formula is C19H18N2O4S2. The molecule has 2 aliphatic rings. The molecule has 0 aliphatic carbocycles. The first-order chi connectivity index (χ1) is 13.0. The Balaban J connectivity index is 1.68. The first kappa shape index (κ1) is 19.3. The fourth-order valence-electron chi connectivity index (χ4n) is 2.74. The molecule has 2 aliphatic heterocycles. The summed E-state index contributed by atoms with van der Waals surface area (Å²) in [5.41, 5.74) is 1.00. The summed E-state index contributed by atoms with van der Waals surface area (Å²) < 4.78 is 0. The molecule has 3 rings (SSSR count). The van der Waals surface area contributed by atoms with Crippen molar-refractivity contribution in [2.45, 2.75) is 23.1 Å². The van der Waals surface area contributed by atoms with E-state index in [4.69, 9.17) is 0 Å². The monoisotopic (exact) mass is 402 g/mol. The molecule has 27 heavy (non-hydrogen) atoms. The Morgan fingerprint density at radius 2 is 2.00 bits per heavy atom. The third-order valence-electron chi connectivity index (χ3n) is 4.06. The molecule has 0 saturated heterocycles. The molecule has 0 fully saturated rings. The van der Waals surface area contributed by atoms with Gasteiger partial charge in [0.05, 0.1) is 15.7 Å². The molecule has 0 radical (unpaired) electrons. The highest BCUT2D eigenvalue weighted by Crippen LogP contribution is 2.32. The molecule has 1 aromatic carbocycles. The van der Waals surface area contributed by atoms with E-state index in [0.717, 1.165) is 5.56 Å². The fourth-order valence-corrected chi connectivity index (χ4v) is 4.10. The highest BCUT2D eigenvalue weighted by Gasteiger charge is 2.34. The van der Waals surface area contributed by atoms with Gasteiger partial charge in [0.25, 0.3) is 5.91 Å². The third-order valence-corrected chi connectivity index (χ3v) is 5.58. The zero-order chi connectivity index (χ0) is 19.4. The van der Waals surface area contributed by atoms with Crippen LogP contribution in [-0.2, 0) is 20.8 Å². The fraction of sp³-hybridized carbons (Fsp3) is 0.211. The van der Waals surface area contributed by atoms with Gasteiger partial charge in [0.15, 0.2) is 6.04 Å². The molecule has 3 atom stereocenters. The van der Waals surface area contributed by atoms with Crippen molar-refractivity contribution in [1.29, 1.82) is 0 Å². The molecule has 2 amide bonds. The number of rotatable bonds is 5. The molecule has 0 bridgehead atoms. The van der Waals surface area contributed by atoms with Crippen LogP contribution in [0.5, 0.6) is 0 Å². The largest absolute Gasteiger partial charge is 0.479 e. The third kappa shape index (κ3) is 4.64. The zero-order valence-electron chi connectivity index (χ0n) is 14.2. The van der Waals surface area contributed by atoms with E-state index in [1.807, 2.05) is 30.3 Å². The van der Waals surface area contributed by atoms with E-state index in [0.29, 0.717) is 11.4 Å². The Bertz CT molecular complexity index is 835. The number of carboxylic acid groups (broad SMARTS) is 1. The van der Waals surface area contributed by atoms with Crippen molar-refractivity contribution in [2.75, 3.05) is 0 Å². The number of aliphatic carboxylic acids is 1. The summed E-state index contributed by atoms with van der Waals surface area (Å²) in [6, 6.07) is 8.51. The molecule has 0 spiro atoms. The first-order valence-electron chi connectivity index (χ1n) is 8.27. The molecule has 140 valence electrons. The number of hydrogen-bond acceptors (Lipinski definition) is 5. The van der Waals surface area contributed by atoms with Gasteiger partial charge in [0, 0.05) is 6.08 Å².